The van der Waals surface area contributed by atoms with Crippen molar-refractivity contribution in [3.8, 4) is 5.69 Å². The fourth-order valence-corrected chi connectivity index (χ4v) is 2.25. The van der Waals surface area contributed by atoms with Crippen molar-refractivity contribution in [2.24, 2.45) is 5.10 Å². The van der Waals surface area contributed by atoms with E-state index in [1.807, 2.05) is 35.3 Å². The van der Waals surface area contributed by atoms with E-state index in [-0.39, 0.29) is 0 Å². The number of para-hydroxylation sites is 1. The first-order chi connectivity index (χ1) is 10.3. The Labute approximate surface area is 127 Å². The normalized spacial score (nSPS) is 14.1. The van der Waals surface area contributed by atoms with Gasteiger partial charge in [0, 0.05) is 6.54 Å². The second kappa shape index (κ2) is 6.02. The van der Waals surface area contributed by atoms with Gasteiger partial charge in [0.15, 0.2) is 0 Å². The molecule has 21 heavy (non-hydrogen) atoms. The highest BCUT2D eigenvalue weighted by atomic mass is 32.1. The summed E-state index contributed by atoms with van der Waals surface area (Å²) in [4.78, 5) is 1.58. The molecule has 0 unspecified atom stereocenters. The molecule has 2 heterocycles. The lowest BCUT2D eigenvalue weighted by Gasteiger charge is -2.19. The quantitative estimate of drug-likeness (QED) is 0.822. The summed E-state index contributed by atoms with van der Waals surface area (Å²) in [7, 11) is 0. The summed E-state index contributed by atoms with van der Waals surface area (Å²) in [6.45, 7) is 2.95. The van der Waals surface area contributed by atoms with Gasteiger partial charge in [0.2, 0.25) is 4.77 Å². The summed E-state index contributed by atoms with van der Waals surface area (Å²) in [6.07, 6.45) is 2.13. The molecular weight excluding hydrogens is 288 g/mol. The van der Waals surface area contributed by atoms with E-state index in [9.17, 15) is 0 Å². The van der Waals surface area contributed by atoms with Crippen LogP contribution >= 0.6 is 12.2 Å². The summed E-state index contributed by atoms with van der Waals surface area (Å²) in [5.74, 6) is 0.607. The van der Waals surface area contributed by atoms with Crippen LogP contribution in [0.2, 0.25) is 0 Å². The van der Waals surface area contributed by atoms with Crippen LogP contribution in [0, 0.1) is 4.77 Å². The van der Waals surface area contributed by atoms with Crippen LogP contribution in [0.5, 0.6) is 0 Å². The van der Waals surface area contributed by atoms with E-state index >= 15 is 0 Å². The van der Waals surface area contributed by atoms with E-state index < -0.39 is 0 Å². The summed E-state index contributed by atoms with van der Waals surface area (Å²) >= 11 is 5.27. The second-order valence-electron chi connectivity index (χ2n) is 4.55. The fraction of sp³-hybridized carbons (Fsp3) is 0.333. The van der Waals surface area contributed by atoms with Gasteiger partial charge >= 0.3 is 0 Å². The van der Waals surface area contributed by atoms with Gasteiger partial charge in [-0.05, 0) is 36.0 Å². The first-order valence-electron chi connectivity index (χ1n) is 6.78. The fourth-order valence-electron chi connectivity index (χ4n) is 2.03. The Hall–Kier alpha value is -2.26. The third kappa shape index (κ3) is 2.65. The number of hydrazine groups is 2. The molecule has 0 atom stereocenters. The zero-order valence-corrected chi connectivity index (χ0v) is 12.4. The number of aromatic nitrogens is 4. The highest BCUT2D eigenvalue weighted by Crippen LogP contribution is 2.08. The van der Waals surface area contributed by atoms with E-state index in [1.165, 1.54) is 0 Å². The van der Waals surface area contributed by atoms with Crippen molar-refractivity contribution < 1.29 is 0 Å². The molecule has 2 aromatic rings. The molecule has 8 nitrogen and oxygen atoms in total. The van der Waals surface area contributed by atoms with Gasteiger partial charge in [0.05, 0.1) is 5.69 Å². The minimum atomic E-state index is 0.381. The summed E-state index contributed by atoms with van der Waals surface area (Å²) in [6, 6.07) is 9.72. The second-order valence-corrected chi connectivity index (χ2v) is 4.91. The number of rotatable bonds is 4. The SMILES string of the molecule is CCCCN1NNN=C1n1nnc(=S)n1-c1ccccc1. The molecular formula is C12H16N8S. The van der Waals surface area contributed by atoms with Crippen LogP contribution in [-0.4, -0.2) is 37.3 Å². The first kappa shape index (κ1) is 13.7. The number of hydrogen-bond donors (Lipinski definition) is 2. The van der Waals surface area contributed by atoms with Crippen molar-refractivity contribution in [2.75, 3.05) is 6.54 Å². The molecule has 0 saturated carbocycles. The van der Waals surface area contributed by atoms with Gasteiger partial charge < -0.3 is 0 Å². The van der Waals surface area contributed by atoms with Crippen LogP contribution < -0.4 is 11.1 Å². The Kier molecular flexibility index (Phi) is 3.93. The van der Waals surface area contributed by atoms with Crippen molar-refractivity contribution in [3.63, 3.8) is 0 Å². The van der Waals surface area contributed by atoms with Crippen LogP contribution in [0.4, 0.5) is 0 Å². The van der Waals surface area contributed by atoms with Crippen LogP contribution in [-0.2, 0) is 0 Å². The molecule has 0 saturated heterocycles. The Morgan fingerprint density at radius 3 is 2.81 bits per heavy atom. The van der Waals surface area contributed by atoms with Gasteiger partial charge in [-0.2, -0.15) is 4.68 Å². The molecule has 0 amide bonds. The topological polar surface area (TPSA) is 75.3 Å². The Balaban J connectivity index is 1.99. The highest BCUT2D eigenvalue weighted by molar-refractivity contribution is 7.71. The molecule has 0 aliphatic carbocycles. The molecule has 0 radical (unpaired) electrons. The molecule has 1 aliphatic rings. The molecule has 110 valence electrons. The van der Waals surface area contributed by atoms with Crippen molar-refractivity contribution in [1.82, 2.24) is 35.9 Å². The summed E-state index contributed by atoms with van der Waals surface area (Å²) in [5.41, 5.74) is 6.60. The van der Waals surface area contributed by atoms with Crippen molar-refractivity contribution in [1.29, 1.82) is 0 Å². The molecule has 9 heteroatoms. The van der Waals surface area contributed by atoms with Crippen molar-refractivity contribution >= 4 is 18.2 Å². The van der Waals surface area contributed by atoms with E-state index in [1.54, 1.807) is 9.48 Å². The monoisotopic (exact) mass is 304 g/mol. The average Bonchev–Trinajstić information content (AvgIpc) is 3.12. The maximum Gasteiger partial charge on any atom is 0.279 e. The predicted molar refractivity (Wildman–Crippen MR) is 80.9 cm³/mol. The van der Waals surface area contributed by atoms with Crippen LogP contribution in [0.3, 0.4) is 0 Å². The van der Waals surface area contributed by atoms with Crippen LogP contribution in [0.15, 0.2) is 35.4 Å². The molecule has 0 bridgehead atoms. The lowest BCUT2D eigenvalue weighted by molar-refractivity contribution is 0.279. The number of unbranched alkanes of at least 4 members (excludes halogenated alkanes) is 1. The Morgan fingerprint density at radius 2 is 2.05 bits per heavy atom. The number of nitrogens with one attached hydrogen (secondary N) is 2. The maximum atomic E-state index is 5.27. The molecule has 1 aromatic carbocycles. The van der Waals surface area contributed by atoms with Crippen molar-refractivity contribution in [3.05, 3.63) is 35.1 Å². The smallest absolute Gasteiger partial charge is 0.254 e. The number of hydrazone groups is 1. The maximum absolute atomic E-state index is 5.27. The summed E-state index contributed by atoms with van der Waals surface area (Å²) in [5, 5.41) is 14.2. The number of benzene rings is 1. The largest absolute Gasteiger partial charge is 0.279 e. The third-order valence-electron chi connectivity index (χ3n) is 3.08. The molecule has 1 aliphatic heterocycles. The minimum Gasteiger partial charge on any atom is -0.254 e. The zero-order chi connectivity index (χ0) is 14.7. The zero-order valence-electron chi connectivity index (χ0n) is 11.6. The van der Waals surface area contributed by atoms with Gasteiger partial charge in [-0.1, -0.05) is 36.6 Å². The van der Waals surface area contributed by atoms with Gasteiger partial charge in [0.1, 0.15) is 0 Å². The molecule has 2 N–H and O–H groups in total. The molecule has 1 aromatic heterocycles. The van der Waals surface area contributed by atoms with Crippen LogP contribution in [0.1, 0.15) is 19.8 Å². The van der Waals surface area contributed by atoms with E-state index in [2.05, 4.69) is 33.4 Å². The van der Waals surface area contributed by atoms with Gasteiger partial charge in [0.25, 0.3) is 5.96 Å². The standard InChI is InChI=1S/C12H16N8S/c1-2-3-9-18-11(13-15-17-18)20-16-14-12(21)19(20)10-7-5-4-6-8-10/h4-8,15,17H,2-3,9H2,1H3. The lowest BCUT2D eigenvalue weighted by atomic mass is 10.3. The Bertz CT molecular complexity index is 689. The van der Waals surface area contributed by atoms with Gasteiger partial charge in [-0.3, -0.25) is 5.01 Å². The van der Waals surface area contributed by atoms with Gasteiger partial charge in [-0.15, -0.1) is 15.4 Å². The number of nitrogens with zero attached hydrogens (tertiary/aromatic N) is 6. The minimum absolute atomic E-state index is 0.381. The molecule has 0 spiro atoms. The molecule has 3 rings (SSSR count). The lowest BCUT2D eigenvalue weighted by Crippen LogP contribution is -2.45. The predicted octanol–water partition coefficient (Wildman–Crippen LogP) is 1.04. The van der Waals surface area contributed by atoms with E-state index in [0.29, 0.717) is 10.7 Å². The van der Waals surface area contributed by atoms with E-state index in [4.69, 9.17) is 12.2 Å². The number of tetrazole rings is 1. The third-order valence-corrected chi connectivity index (χ3v) is 3.34. The molecule has 0 fully saturated rings. The number of hydrogen-bond acceptors (Lipinski definition) is 7. The first-order valence-corrected chi connectivity index (χ1v) is 7.19. The van der Waals surface area contributed by atoms with E-state index in [0.717, 1.165) is 25.1 Å². The van der Waals surface area contributed by atoms with Crippen LogP contribution in [0.25, 0.3) is 5.69 Å². The average molecular weight is 304 g/mol. The highest BCUT2D eigenvalue weighted by Gasteiger charge is 2.22. The Morgan fingerprint density at radius 1 is 1.24 bits per heavy atom. The summed E-state index contributed by atoms with van der Waals surface area (Å²) < 4.78 is 2.12. The van der Waals surface area contributed by atoms with Gasteiger partial charge in [-0.25, -0.2) is 5.53 Å². The van der Waals surface area contributed by atoms with Crippen molar-refractivity contribution in [2.45, 2.75) is 19.8 Å².